The van der Waals surface area contributed by atoms with E-state index in [0.717, 1.165) is 68.2 Å². The summed E-state index contributed by atoms with van der Waals surface area (Å²) in [5, 5.41) is 0. The summed E-state index contributed by atoms with van der Waals surface area (Å²) in [6, 6.07) is 0.0631. The molecule has 1 aromatic heterocycles. The molecule has 2 aliphatic rings. The molecule has 0 aromatic carbocycles. The molecule has 0 N–H and O–H groups in total. The average Bonchev–Trinajstić information content (AvgIpc) is 2.73. The minimum atomic E-state index is 0.0631. The van der Waals surface area contributed by atoms with Gasteiger partial charge < -0.3 is 14.7 Å². The zero-order chi connectivity index (χ0) is 21.8. The number of nitrogens with zero attached hydrogens (tertiary/aromatic N) is 6. The highest BCUT2D eigenvalue weighted by Gasteiger charge is 2.32. The summed E-state index contributed by atoms with van der Waals surface area (Å²) in [5.41, 5.74) is 2.09. The van der Waals surface area contributed by atoms with Crippen molar-refractivity contribution < 1.29 is 9.59 Å². The molecule has 2 amide bonds. The fourth-order valence-electron chi connectivity index (χ4n) is 4.53. The molecule has 1 saturated heterocycles. The van der Waals surface area contributed by atoms with E-state index in [9.17, 15) is 9.59 Å². The summed E-state index contributed by atoms with van der Waals surface area (Å²) in [6.45, 7) is 9.71. The molecule has 2 aliphatic heterocycles. The smallest absolute Gasteiger partial charge is 0.236 e. The molecule has 0 saturated carbocycles. The molecule has 0 aliphatic carbocycles. The first-order valence-corrected chi connectivity index (χ1v) is 11.2. The van der Waals surface area contributed by atoms with Crippen LogP contribution < -0.4 is 4.90 Å². The molecule has 0 unspecified atom stereocenters. The predicted octanol–water partition coefficient (Wildman–Crippen LogP) is 1.84. The first-order valence-electron chi connectivity index (χ1n) is 11.2. The van der Waals surface area contributed by atoms with Crippen molar-refractivity contribution in [1.82, 2.24) is 24.7 Å². The average molecular weight is 417 g/mol. The largest absolute Gasteiger partial charge is 0.362 e. The minimum absolute atomic E-state index is 0.0631. The normalized spacial score (nSPS) is 19.4. The second-order valence-electron chi connectivity index (χ2n) is 8.46. The van der Waals surface area contributed by atoms with E-state index in [1.54, 1.807) is 6.92 Å². The number of carbonyl (C=O) groups is 2. The lowest BCUT2D eigenvalue weighted by molar-refractivity contribution is -0.133. The quantitative estimate of drug-likeness (QED) is 0.705. The first-order chi connectivity index (χ1) is 14.3. The van der Waals surface area contributed by atoms with Crippen molar-refractivity contribution in [2.75, 3.05) is 51.7 Å². The maximum atomic E-state index is 12.8. The molecule has 3 rings (SSSR count). The fourth-order valence-corrected chi connectivity index (χ4v) is 4.53. The summed E-state index contributed by atoms with van der Waals surface area (Å²) < 4.78 is 0. The summed E-state index contributed by atoms with van der Waals surface area (Å²) in [4.78, 5) is 42.6. The van der Waals surface area contributed by atoms with Crippen molar-refractivity contribution in [3.8, 4) is 0 Å². The Balaban J connectivity index is 1.90. The monoisotopic (exact) mass is 416 g/mol. The van der Waals surface area contributed by atoms with Crippen LogP contribution in [0.5, 0.6) is 0 Å². The highest BCUT2D eigenvalue weighted by Crippen LogP contribution is 2.33. The van der Waals surface area contributed by atoms with E-state index in [0.29, 0.717) is 19.6 Å². The van der Waals surface area contributed by atoms with Gasteiger partial charge in [0.05, 0.1) is 24.8 Å². The third kappa shape index (κ3) is 4.74. The van der Waals surface area contributed by atoms with E-state index < -0.39 is 0 Å². The molecule has 0 bridgehead atoms. The van der Waals surface area contributed by atoms with E-state index in [2.05, 4.69) is 4.90 Å². The van der Waals surface area contributed by atoms with Gasteiger partial charge in [-0.05, 0) is 33.2 Å². The van der Waals surface area contributed by atoms with E-state index >= 15 is 0 Å². The zero-order valence-electron chi connectivity index (χ0n) is 19.1. The number of rotatable bonds is 6. The van der Waals surface area contributed by atoms with E-state index in [1.807, 2.05) is 42.6 Å². The van der Waals surface area contributed by atoms with Gasteiger partial charge >= 0.3 is 0 Å². The van der Waals surface area contributed by atoms with Crippen LogP contribution >= 0.6 is 0 Å². The Morgan fingerprint density at radius 3 is 2.47 bits per heavy atom. The fraction of sp³-hybridized carbons (Fsp3) is 0.727. The zero-order valence-corrected chi connectivity index (χ0v) is 19.1. The van der Waals surface area contributed by atoms with Gasteiger partial charge in [0.15, 0.2) is 0 Å². The molecule has 8 nitrogen and oxygen atoms in total. The van der Waals surface area contributed by atoms with Gasteiger partial charge in [-0.15, -0.1) is 0 Å². The number of anilines is 1. The number of aromatic nitrogens is 2. The topological polar surface area (TPSA) is 72.9 Å². The van der Waals surface area contributed by atoms with Gasteiger partial charge in [-0.3, -0.25) is 14.5 Å². The van der Waals surface area contributed by atoms with Gasteiger partial charge in [-0.1, -0.05) is 6.42 Å². The summed E-state index contributed by atoms with van der Waals surface area (Å²) in [7, 11) is 3.98. The molecule has 0 radical (unpaired) electrons. The maximum absolute atomic E-state index is 12.8. The van der Waals surface area contributed by atoms with Crippen LogP contribution in [0.4, 0.5) is 5.82 Å². The Bertz CT molecular complexity index is 777. The Hall–Kier alpha value is -2.22. The number of amides is 2. The lowest BCUT2D eigenvalue weighted by Gasteiger charge is -2.37. The predicted molar refractivity (Wildman–Crippen MR) is 117 cm³/mol. The number of likely N-dealkylation sites (N-methyl/N-ethyl adjacent to an activating group) is 1. The van der Waals surface area contributed by atoms with Crippen molar-refractivity contribution in [2.24, 2.45) is 0 Å². The number of fused-ring (bicyclic) bond motifs is 1. The van der Waals surface area contributed by atoms with Gasteiger partial charge in [-0.2, -0.15) is 0 Å². The molecular formula is C22H36N6O2. The molecule has 3 heterocycles. The van der Waals surface area contributed by atoms with Crippen LogP contribution in [0, 0.1) is 0 Å². The Morgan fingerprint density at radius 1 is 1.10 bits per heavy atom. The van der Waals surface area contributed by atoms with Crippen LogP contribution in [0.3, 0.4) is 0 Å². The van der Waals surface area contributed by atoms with Crippen LogP contribution in [0.25, 0.3) is 0 Å². The van der Waals surface area contributed by atoms with Gasteiger partial charge in [0.2, 0.25) is 11.8 Å². The Kier molecular flexibility index (Phi) is 7.28. The Morgan fingerprint density at radius 2 is 1.83 bits per heavy atom. The van der Waals surface area contributed by atoms with Crippen LogP contribution in [0.2, 0.25) is 0 Å². The first kappa shape index (κ1) is 22.5. The molecule has 1 fully saturated rings. The molecule has 1 aromatic rings. The van der Waals surface area contributed by atoms with Crippen molar-refractivity contribution in [1.29, 1.82) is 0 Å². The van der Waals surface area contributed by atoms with Crippen LogP contribution in [-0.4, -0.2) is 83.3 Å². The molecular weight excluding hydrogens is 380 g/mol. The van der Waals surface area contributed by atoms with E-state index in [4.69, 9.17) is 9.97 Å². The third-order valence-electron chi connectivity index (χ3n) is 6.29. The van der Waals surface area contributed by atoms with Crippen molar-refractivity contribution in [3.05, 3.63) is 17.1 Å². The summed E-state index contributed by atoms with van der Waals surface area (Å²) >= 11 is 0. The Labute approximate surface area is 180 Å². The van der Waals surface area contributed by atoms with E-state index in [-0.39, 0.29) is 17.9 Å². The van der Waals surface area contributed by atoms with Crippen LogP contribution in [0.1, 0.15) is 63.2 Å². The SMILES string of the molecule is CCN(CC)C(=O)CN1CCCC[C@@H]1c1nc2c(c(N(C)C)n1)CN(C(C)=O)CC2. The standard InChI is InChI=1S/C22H36N6O2/c1-6-26(7-2)20(30)15-28-12-9-8-10-19(28)21-23-18-11-13-27(16(3)29)14-17(18)22(24-21)25(4)5/h19H,6-15H2,1-5H3/t19-/m1/s1. The summed E-state index contributed by atoms with van der Waals surface area (Å²) in [5.74, 6) is 1.97. The molecule has 8 heteroatoms. The second-order valence-corrected chi connectivity index (χ2v) is 8.46. The number of likely N-dealkylation sites (tertiary alicyclic amines) is 1. The van der Waals surface area contributed by atoms with Crippen LogP contribution in [0.15, 0.2) is 0 Å². The molecule has 1 atom stereocenters. The van der Waals surface area contributed by atoms with Crippen molar-refractivity contribution in [3.63, 3.8) is 0 Å². The van der Waals surface area contributed by atoms with Crippen LogP contribution in [-0.2, 0) is 22.6 Å². The highest BCUT2D eigenvalue weighted by atomic mass is 16.2. The molecule has 30 heavy (non-hydrogen) atoms. The lowest BCUT2D eigenvalue weighted by Crippen LogP contribution is -2.44. The highest BCUT2D eigenvalue weighted by molar-refractivity contribution is 5.78. The maximum Gasteiger partial charge on any atom is 0.236 e. The van der Waals surface area contributed by atoms with Gasteiger partial charge in [0.1, 0.15) is 11.6 Å². The molecule has 166 valence electrons. The van der Waals surface area contributed by atoms with Gasteiger partial charge in [0.25, 0.3) is 0 Å². The third-order valence-corrected chi connectivity index (χ3v) is 6.29. The summed E-state index contributed by atoms with van der Waals surface area (Å²) in [6.07, 6.45) is 3.94. The second kappa shape index (κ2) is 9.73. The molecule has 0 spiro atoms. The number of hydrogen-bond acceptors (Lipinski definition) is 6. The van der Waals surface area contributed by atoms with E-state index in [1.165, 1.54) is 0 Å². The van der Waals surface area contributed by atoms with Gasteiger partial charge in [-0.25, -0.2) is 9.97 Å². The number of carbonyl (C=O) groups excluding carboxylic acids is 2. The van der Waals surface area contributed by atoms with Crippen molar-refractivity contribution in [2.45, 2.75) is 59.0 Å². The van der Waals surface area contributed by atoms with Crippen molar-refractivity contribution >= 4 is 17.6 Å². The number of hydrogen-bond donors (Lipinski definition) is 0. The number of piperidine rings is 1. The van der Waals surface area contributed by atoms with Gasteiger partial charge in [0, 0.05) is 52.6 Å². The minimum Gasteiger partial charge on any atom is -0.362 e. The lowest BCUT2D eigenvalue weighted by atomic mass is 9.99.